The molecule has 0 unspecified atom stereocenters. The van der Waals surface area contributed by atoms with Crippen molar-refractivity contribution < 1.29 is 9.32 Å². The minimum Gasteiger partial charge on any atom is -0.361 e. The predicted octanol–water partition coefficient (Wildman–Crippen LogP) is 5.17. The molecule has 0 spiro atoms. The van der Waals surface area contributed by atoms with Gasteiger partial charge in [0.15, 0.2) is 0 Å². The van der Waals surface area contributed by atoms with Crippen LogP contribution in [0.3, 0.4) is 0 Å². The second kappa shape index (κ2) is 7.52. The number of carbonyl (C=O) groups is 1. The third kappa shape index (κ3) is 3.88. The highest BCUT2D eigenvalue weighted by molar-refractivity contribution is 7.09. The van der Waals surface area contributed by atoms with Crippen LogP contribution in [0.5, 0.6) is 0 Å². The number of aryl methyl sites for hydroxylation is 2. The summed E-state index contributed by atoms with van der Waals surface area (Å²) in [6.45, 7) is 4.57. The highest BCUT2D eigenvalue weighted by Gasteiger charge is 2.30. The molecule has 3 heterocycles. The SMILES string of the molecule is Cc1cc([C@H]2CCCCN2C(=O)Nc2cccc(-c3csc(C)n3)c2)no1. The molecule has 6 nitrogen and oxygen atoms in total. The van der Waals surface area contributed by atoms with Crippen molar-refractivity contribution >= 4 is 23.1 Å². The summed E-state index contributed by atoms with van der Waals surface area (Å²) in [7, 11) is 0. The average molecular weight is 382 g/mol. The van der Waals surface area contributed by atoms with Crippen molar-refractivity contribution in [2.75, 3.05) is 11.9 Å². The number of hydrogen-bond donors (Lipinski definition) is 1. The molecule has 2 amide bonds. The van der Waals surface area contributed by atoms with Gasteiger partial charge in [-0.3, -0.25) is 0 Å². The fourth-order valence-electron chi connectivity index (χ4n) is 3.47. The third-order valence-electron chi connectivity index (χ3n) is 4.78. The lowest BCUT2D eigenvalue weighted by Gasteiger charge is -2.34. The number of benzene rings is 1. The van der Waals surface area contributed by atoms with Gasteiger partial charge in [-0.05, 0) is 45.2 Å². The molecule has 1 fully saturated rings. The average Bonchev–Trinajstić information content (AvgIpc) is 3.30. The zero-order valence-electron chi connectivity index (χ0n) is 15.4. The van der Waals surface area contributed by atoms with E-state index in [9.17, 15) is 4.79 Å². The Labute approximate surface area is 162 Å². The Kier molecular flexibility index (Phi) is 4.94. The number of aromatic nitrogens is 2. The summed E-state index contributed by atoms with van der Waals surface area (Å²) in [6, 6.07) is 9.58. The summed E-state index contributed by atoms with van der Waals surface area (Å²) in [4.78, 5) is 19.3. The van der Waals surface area contributed by atoms with Crippen LogP contribution in [0, 0.1) is 13.8 Å². The van der Waals surface area contributed by atoms with Gasteiger partial charge < -0.3 is 14.7 Å². The summed E-state index contributed by atoms with van der Waals surface area (Å²) in [5.41, 5.74) is 3.53. The predicted molar refractivity (Wildman–Crippen MR) is 106 cm³/mol. The van der Waals surface area contributed by atoms with Gasteiger partial charge in [-0.2, -0.15) is 0 Å². The van der Waals surface area contributed by atoms with Crippen LogP contribution in [0.25, 0.3) is 11.3 Å². The van der Waals surface area contributed by atoms with E-state index in [2.05, 4.69) is 15.5 Å². The number of nitrogens with one attached hydrogen (secondary N) is 1. The summed E-state index contributed by atoms with van der Waals surface area (Å²) in [5, 5.41) is 10.2. The summed E-state index contributed by atoms with van der Waals surface area (Å²) < 4.78 is 5.22. The van der Waals surface area contributed by atoms with Crippen molar-refractivity contribution in [3.63, 3.8) is 0 Å². The lowest BCUT2D eigenvalue weighted by atomic mass is 9.99. The first-order valence-electron chi connectivity index (χ1n) is 9.13. The molecule has 0 aliphatic carbocycles. The van der Waals surface area contributed by atoms with Crippen LogP contribution >= 0.6 is 11.3 Å². The lowest BCUT2D eigenvalue weighted by Crippen LogP contribution is -2.41. The Morgan fingerprint density at radius 1 is 1.30 bits per heavy atom. The summed E-state index contributed by atoms with van der Waals surface area (Å²) in [5.74, 6) is 0.766. The van der Waals surface area contributed by atoms with Crippen LogP contribution in [0.15, 0.2) is 40.2 Å². The largest absolute Gasteiger partial charge is 0.361 e. The van der Waals surface area contributed by atoms with Gasteiger partial charge >= 0.3 is 6.03 Å². The van der Waals surface area contributed by atoms with E-state index in [1.54, 1.807) is 11.3 Å². The molecular formula is C20H22N4O2S. The standard InChI is InChI=1S/C20H22N4O2S/c1-13-10-17(23-26-13)19-8-3-4-9-24(19)20(25)22-16-7-5-6-15(11-16)18-12-27-14(2)21-18/h5-7,10-12,19H,3-4,8-9H2,1-2H3,(H,22,25)/t19-/m1/s1. The highest BCUT2D eigenvalue weighted by atomic mass is 32.1. The molecule has 1 aliphatic heterocycles. The normalized spacial score (nSPS) is 17.1. The van der Waals surface area contributed by atoms with Crippen molar-refractivity contribution in [3.8, 4) is 11.3 Å². The molecule has 3 aromatic rings. The Hall–Kier alpha value is -2.67. The molecule has 7 heteroatoms. The van der Waals surface area contributed by atoms with E-state index < -0.39 is 0 Å². The number of anilines is 1. The first-order chi connectivity index (χ1) is 13.1. The van der Waals surface area contributed by atoms with Crippen LogP contribution < -0.4 is 5.32 Å². The van der Waals surface area contributed by atoms with Gasteiger partial charge in [0, 0.05) is 29.2 Å². The first kappa shape index (κ1) is 17.7. The second-order valence-corrected chi connectivity index (χ2v) is 7.89. The number of urea groups is 1. The Balaban J connectivity index is 1.52. The van der Waals surface area contributed by atoms with E-state index in [1.807, 2.05) is 54.5 Å². The maximum atomic E-state index is 13.0. The number of carbonyl (C=O) groups excluding carboxylic acids is 1. The van der Waals surface area contributed by atoms with Crippen molar-refractivity contribution in [1.82, 2.24) is 15.0 Å². The Morgan fingerprint density at radius 2 is 2.19 bits per heavy atom. The molecule has 0 bridgehead atoms. The molecule has 4 rings (SSSR count). The molecule has 27 heavy (non-hydrogen) atoms. The van der Waals surface area contributed by atoms with E-state index in [0.717, 1.165) is 52.7 Å². The fourth-order valence-corrected chi connectivity index (χ4v) is 4.09. The van der Waals surface area contributed by atoms with Gasteiger partial charge in [0.1, 0.15) is 11.5 Å². The Morgan fingerprint density at radius 3 is 2.93 bits per heavy atom. The number of nitrogens with zero attached hydrogens (tertiary/aromatic N) is 3. The zero-order valence-corrected chi connectivity index (χ0v) is 16.3. The number of likely N-dealkylation sites (tertiary alicyclic amines) is 1. The zero-order chi connectivity index (χ0) is 18.8. The fraction of sp³-hybridized carbons (Fsp3) is 0.350. The minimum atomic E-state index is -0.105. The molecule has 1 saturated heterocycles. The maximum absolute atomic E-state index is 13.0. The number of amides is 2. The van der Waals surface area contributed by atoms with Gasteiger partial charge in [0.2, 0.25) is 0 Å². The van der Waals surface area contributed by atoms with Crippen molar-refractivity contribution in [2.24, 2.45) is 0 Å². The maximum Gasteiger partial charge on any atom is 0.322 e. The molecule has 0 saturated carbocycles. The van der Waals surface area contributed by atoms with Crippen LogP contribution in [0.1, 0.15) is 41.8 Å². The van der Waals surface area contributed by atoms with Crippen molar-refractivity contribution in [1.29, 1.82) is 0 Å². The van der Waals surface area contributed by atoms with Crippen LogP contribution in [0.4, 0.5) is 10.5 Å². The summed E-state index contributed by atoms with van der Waals surface area (Å²) >= 11 is 1.62. The monoisotopic (exact) mass is 382 g/mol. The van der Waals surface area contributed by atoms with Crippen LogP contribution in [-0.4, -0.2) is 27.6 Å². The van der Waals surface area contributed by atoms with Gasteiger partial charge in [-0.1, -0.05) is 17.3 Å². The van der Waals surface area contributed by atoms with Gasteiger partial charge in [0.05, 0.1) is 16.7 Å². The first-order valence-corrected chi connectivity index (χ1v) is 10.0. The van der Waals surface area contributed by atoms with E-state index in [-0.39, 0.29) is 12.1 Å². The molecule has 1 atom stereocenters. The van der Waals surface area contributed by atoms with Crippen LogP contribution in [0.2, 0.25) is 0 Å². The van der Waals surface area contributed by atoms with E-state index >= 15 is 0 Å². The number of piperidine rings is 1. The second-order valence-electron chi connectivity index (χ2n) is 6.83. The topological polar surface area (TPSA) is 71.3 Å². The molecule has 1 aliphatic rings. The molecule has 2 aromatic heterocycles. The quantitative estimate of drug-likeness (QED) is 0.678. The molecular weight excluding hydrogens is 360 g/mol. The van der Waals surface area contributed by atoms with Crippen molar-refractivity contribution in [2.45, 2.75) is 39.2 Å². The highest BCUT2D eigenvalue weighted by Crippen LogP contribution is 2.31. The third-order valence-corrected chi connectivity index (χ3v) is 5.55. The number of hydrogen-bond acceptors (Lipinski definition) is 5. The molecule has 140 valence electrons. The molecule has 1 aromatic carbocycles. The summed E-state index contributed by atoms with van der Waals surface area (Å²) in [6.07, 6.45) is 2.98. The van der Waals surface area contributed by atoms with Crippen LogP contribution in [-0.2, 0) is 0 Å². The van der Waals surface area contributed by atoms with Gasteiger partial charge in [-0.25, -0.2) is 9.78 Å². The number of rotatable bonds is 3. The van der Waals surface area contributed by atoms with Gasteiger partial charge in [-0.15, -0.1) is 11.3 Å². The lowest BCUT2D eigenvalue weighted by molar-refractivity contribution is 0.159. The molecule has 1 N–H and O–H groups in total. The Bertz CT molecular complexity index is 949. The van der Waals surface area contributed by atoms with E-state index in [0.29, 0.717) is 6.54 Å². The van der Waals surface area contributed by atoms with E-state index in [4.69, 9.17) is 4.52 Å². The minimum absolute atomic E-state index is 0.0411. The molecule has 0 radical (unpaired) electrons. The van der Waals surface area contributed by atoms with Gasteiger partial charge in [0.25, 0.3) is 0 Å². The number of thiazole rings is 1. The van der Waals surface area contributed by atoms with Crippen molar-refractivity contribution in [3.05, 3.63) is 52.2 Å². The van der Waals surface area contributed by atoms with E-state index in [1.165, 1.54) is 0 Å². The smallest absolute Gasteiger partial charge is 0.322 e.